The van der Waals surface area contributed by atoms with Crippen molar-refractivity contribution >= 4 is 11.9 Å². The van der Waals surface area contributed by atoms with Gasteiger partial charge in [0.05, 0.1) is 6.08 Å². The summed E-state index contributed by atoms with van der Waals surface area (Å²) in [4.78, 5) is 23.0. The Balaban J connectivity index is 2.02. The van der Waals surface area contributed by atoms with Gasteiger partial charge < -0.3 is 19.7 Å². The number of aliphatic hydroxyl groups excluding tert-OH is 2. The molecular formula is C28H50O6. The van der Waals surface area contributed by atoms with E-state index in [2.05, 4.69) is 34.6 Å². The molecule has 1 aliphatic heterocycles. The van der Waals surface area contributed by atoms with Crippen LogP contribution in [0.15, 0.2) is 11.8 Å². The number of hydrogen-bond acceptors (Lipinski definition) is 6. The lowest BCUT2D eigenvalue weighted by Crippen LogP contribution is -2.33. The summed E-state index contributed by atoms with van der Waals surface area (Å²) in [5, 5.41) is 19.4. The maximum absolute atomic E-state index is 11.9. The number of carbonyl (C=O) groups excluding carboxylic acids is 2. The van der Waals surface area contributed by atoms with Gasteiger partial charge in [0.15, 0.2) is 6.10 Å². The molecule has 0 aliphatic carbocycles. The lowest BCUT2D eigenvalue weighted by atomic mass is 9.90. The summed E-state index contributed by atoms with van der Waals surface area (Å²) in [5.41, 5.74) is 0. The molecule has 6 heteroatoms. The Kier molecular flexibility index (Phi) is 15.2. The molecule has 6 nitrogen and oxygen atoms in total. The first-order valence-corrected chi connectivity index (χ1v) is 13.5. The molecule has 1 heterocycles. The molecule has 198 valence electrons. The minimum atomic E-state index is -1.26. The van der Waals surface area contributed by atoms with E-state index in [4.69, 9.17) is 9.47 Å². The van der Waals surface area contributed by atoms with Gasteiger partial charge in [-0.3, -0.25) is 4.79 Å². The van der Waals surface area contributed by atoms with Gasteiger partial charge in [0.1, 0.15) is 18.5 Å². The molecule has 0 aromatic rings. The normalized spacial score (nSPS) is 19.4. The molecule has 2 N–H and O–H groups in total. The number of esters is 2. The van der Waals surface area contributed by atoms with Gasteiger partial charge in [-0.1, -0.05) is 98.8 Å². The van der Waals surface area contributed by atoms with Gasteiger partial charge in [0, 0.05) is 6.42 Å². The predicted molar refractivity (Wildman–Crippen MR) is 135 cm³/mol. The molecule has 5 unspecified atom stereocenters. The van der Waals surface area contributed by atoms with Gasteiger partial charge >= 0.3 is 11.9 Å². The van der Waals surface area contributed by atoms with Crippen LogP contribution in [0.5, 0.6) is 0 Å². The lowest BCUT2D eigenvalue weighted by Gasteiger charge is -2.18. The van der Waals surface area contributed by atoms with E-state index >= 15 is 0 Å². The Morgan fingerprint density at radius 1 is 0.882 bits per heavy atom. The number of aliphatic hydroxyl groups is 2. The first-order valence-electron chi connectivity index (χ1n) is 13.5. The fourth-order valence-electron chi connectivity index (χ4n) is 4.57. The molecule has 0 aromatic carbocycles. The van der Waals surface area contributed by atoms with E-state index in [9.17, 15) is 19.8 Å². The quantitative estimate of drug-likeness (QED) is 0.204. The Morgan fingerprint density at radius 2 is 1.35 bits per heavy atom. The molecular weight excluding hydrogens is 432 g/mol. The van der Waals surface area contributed by atoms with Crippen LogP contribution < -0.4 is 0 Å². The van der Waals surface area contributed by atoms with Gasteiger partial charge in [0.25, 0.3) is 0 Å². The van der Waals surface area contributed by atoms with Crippen LogP contribution in [0.25, 0.3) is 0 Å². The number of rotatable bonds is 19. The third-order valence-corrected chi connectivity index (χ3v) is 6.91. The van der Waals surface area contributed by atoms with Crippen molar-refractivity contribution in [1.82, 2.24) is 0 Å². The topological polar surface area (TPSA) is 93.1 Å². The zero-order valence-electron chi connectivity index (χ0n) is 22.3. The van der Waals surface area contributed by atoms with Crippen molar-refractivity contribution in [1.29, 1.82) is 0 Å². The van der Waals surface area contributed by atoms with E-state index in [1.165, 1.54) is 57.8 Å². The van der Waals surface area contributed by atoms with Crippen molar-refractivity contribution < 1.29 is 29.3 Å². The number of carbonyl (C=O) groups is 2. The Bertz CT molecular complexity index is 614. The van der Waals surface area contributed by atoms with Crippen molar-refractivity contribution in [3.8, 4) is 0 Å². The summed E-state index contributed by atoms with van der Waals surface area (Å²) < 4.78 is 9.83. The first kappa shape index (κ1) is 30.5. The molecule has 0 fully saturated rings. The summed E-state index contributed by atoms with van der Waals surface area (Å²) >= 11 is 0. The summed E-state index contributed by atoms with van der Waals surface area (Å²) in [5.74, 6) is 1.59. The Morgan fingerprint density at radius 3 is 1.79 bits per heavy atom. The molecule has 0 amide bonds. The predicted octanol–water partition coefficient (Wildman–Crippen LogP) is 6.50. The van der Waals surface area contributed by atoms with Gasteiger partial charge in [-0.2, -0.15) is 0 Å². The molecule has 1 aliphatic rings. The monoisotopic (exact) mass is 482 g/mol. The van der Waals surface area contributed by atoms with Crippen molar-refractivity contribution in [3.05, 3.63) is 11.8 Å². The van der Waals surface area contributed by atoms with Crippen LogP contribution in [0.1, 0.15) is 112 Å². The number of hydrogen-bond donors (Lipinski definition) is 2. The van der Waals surface area contributed by atoms with E-state index in [1.54, 1.807) is 0 Å². The van der Waals surface area contributed by atoms with Gasteiger partial charge in [-0.25, -0.2) is 4.79 Å². The molecule has 0 radical (unpaired) electrons. The van der Waals surface area contributed by atoms with Gasteiger partial charge in [0.2, 0.25) is 0 Å². The Labute approximate surface area is 207 Å². The maximum Gasteiger partial charge on any atom is 0.335 e. The standard InChI is InChI=1S/C28H50O6/c1-20(2)10-6-11-21(3)12-7-13-22(4)14-8-15-23(5)16-9-17-26(31)33-19-25(30)28-24(29)18-27(32)34-28/h18,20-23,25,28-30H,6-17,19H2,1-5H3. The molecule has 5 atom stereocenters. The Hall–Kier alpha value is -1.56. The highest BCUT2D eigenvalue weighted by atomic mass is 16.6. The minimum absolute atomic E-state index is 0.301. The van der Waals surface area contributed by atoms with Crippen LogP contribution >= 0.6 is 0 Å². The highest BCUT2D eigenvalue weighted by Crippen LogP contribution is 2.23. The second-order valence-corrected chi connectivity index (χ2v) is 11.1. The van der Waals surface area contributed by atoms with Crippen LogP contribution in [-0.2, 0) is 19.1 Å². The highest BCUT2D eigenvalue weighted by Gasteiger charge is 2.33. The van der Waals surface area contributed by atoms with Crippen molar-refractivity contribution in [3.63, 3.8) is 0 Å². The smallest absolute Gasteiger partial charge is 0.335 e. The molecule has 0 bridgehead atoms. The fraction of sp³-hybridized carbons (Fsp3) is 0.857. The zero-order valence-corrected chi connectivity index (χ0v) is 22.3. The fourth-order valence-corrected chi connectivity index (χ4v) is 4.57. The largest absolute Gasteiger partial charge is 0.508 e. The van der Waals surface area contributed by atoms with E-state index in [0.717, 1.165) is 36.7 Å². The zero-order chi connectivity index (χ0) is 25.5. The van der Waals surface area contributed by atoms with E-state index in [0.29, 0.717) is 12.3 Å². The molecule has 0 spiro atoms. The van der Waals surface area contributed by atoms with Crippen LogP contribution in [0.2, 0.25) is 0 Å². The second-order valence-electron chi connectivity index (χ2n) is 11.1. The molecule has 0 saturated heterocycles. The van der Waals surface area contributed by atoms with Crippen LogP contribution in [0.4, 0.5) is 0 Å². The molecule has 1 rings (SSSR count). The van der Waals surface area contributed by atoms with Crippen molar-refractivity contribution in [2.45, 2.75) is 124 Å². The van der Waals surface area contributed by atoms with Crippen molar-refractivity contribution in [2.24, 2.45) is 23.7 Å². The SMILES string of the molecule is CC(C)CCCC(C)CCCC(C)CCCC(C)CCCC(=O)OCC(O)C1OC(=O)C=C1O. The van der Waals surface area contributed by atoms with E-state index in [-0.39, 0.29) is 18.3 Å². The average molecular weight is 483 g/mol. The molecule has 0 aromatic heterocycles. The average Bonchev–Trinajstić information content (AvgIpc) is 3.09. The molecule has 34 heavy (non-hydrogen) atoms. The van der Waals surface area contributed by atoms with E-state index in [1.807, 2.05) is 0 Å². The minimum Gasteiger partial charge on any atom is -0.508 e. The maximum atomic E-state index is 11.9. The van der Waals surface area contributed by atoms with Crippen molar-refractivity contribution in [2.75, 3.05) is 6.61 Å². The molecule has 0 saturated carbocycles. The third kappa shape index (κ3) is 14.0. The second kappa shape index (κ2) is 17.0. The van der Waals surface area contributed by atoms with E-state index < -0.39 is 18.2 Å². The number of cyclic esters (lactones) is 1. The van der Waals surface area contributed by atoms with Crippen LogP contribution in [0, 0.1) is 23.7 Å². The summed E-state index contributed by atoms with van der Waals surface area (Å²) in [6.45, 7) is 11.3. The summed E-state index contributed by atoms with van der Waals surface area (Å²) in [6, 6.07) is 0. The number of ether oxygens (including phenoxy) is 2. The third-order valence-electron chi connectivity index (χ3n) is 6.91. The van der Waals surface area contributed by atoms with Gasteiger partial charge in [-0.05, 0) is 30.1 Å². The van der Waals surface area contributed by atoms with Gasteiger partial charge in [-0.15, -0.1) is 0 Å². The van der Waals surface area contributed by atoms with Crippen LogP contribution in [-0.4, -0.2) is 41.0 Å². The van der Waals surface area contributed by atoms with Crippen LogP contribution in [0.3, 0.4) is 0 Å². The summed E-state index contributed by atoms with van der Waals surface area (Å²) in [6.07, 6.45) is 12.3. The summed E-state index contributed by atoms with van der Waals surface area (Å²) in [7, 11) is 0. The highest BCUT2D eigenvalue weighted by molar-refractivity contribution is 5.85. The first-order chi connectivity index (χ1) is 16.1. The lowest BCUT2D eigenvalue weighted by molar-refractivity contribution is -0.153.